The number of halogens is 3. The molecule has 0 aromatic rings. The van der Waals surface area contributed by atoms with Crippen molar-refractivity contribution in [3.05, 3.63) is 0 Å². The minimum absolute atomic E-state index is 0. The first-order valence-electron chi connectivity index (χ1n) is 4.01. The number of nitrogens with zero attached hydrogens (tertiary/aromatic N) is 1. The fourth-order valence-electron chi connectivity index (χ4n) is 1.86. The molecule has 1 rings (SSSR count). The van der Waals surface area contributed by atoms with Crippen molar-refractivity contribution in [3.8, 4) is 0 Å². The van der Waals surface area contributed by atoms with E-state index < -0.39 is 29.9 Å². The Labute approximate surface area is 87.5 Å². The van der Waals surface area contributed by atoms with Gasteiger partial charge in [0.25, 0.3) is 5.92 Å². The Kier molecular flexibility index (Phi) is 3.51. The molecule has 3 nitrogen and oxygen atoms in total. The average molecular weight is 230 g/mol. The molecule has 0 spiro atoms. The molecule has 1 fully saturated rings. The van der Waals surface area contributed by atoms with Crippen molar-refractivity contribution in [1.29, 1.82) is 0 Å². The van der Waals surface area contributed by atoms with Crippen molar-refractivity contribution in [1.82, 2.24) is 4.90 Å². The number of aliphatic carboxylic acids is 1. The van der Waals surface area contributed by atoms with Crippen LogP contribution in [0.3, 0.4) is 0 Å². The summed E-state index contributed by atoms with van der Waals surface area (Å²) in [6.07, 6.45) is 0. The normalized spacial score (nSPS) is 29.6. The summed E-state index contributed by atoms with van der Waals surface area (Å²) in [5.74, 6) is -4.13. The van der Waals surface area contributed by atoms with Crippen LogP contribution in [0, 0.1) is 5.41 Å². The molecule has 84 valence electrons. The molecule has 1 heterocycles. The maximum atomic E-state index is 13.3. The maximum Gasteiger partial charge on any atom is 0.321 e. The van der Waals surface area contributed by atoms with Gasteiger partial charge in [0.15, 0.2) is 0 Å². The van der Waals surface area contributed by atoms with Crippen LogP contribution in [0.1, 0.15) is 13.8 Å². The number of likely N-dealkylation sites (N-methyl/N-ethyl adjacent to an activating group) is 1. The van der Waals surface area contributed by atoms with Crippen molar-refractivity contribution in [2.24, 2.45) is 5.41 Å². The van der Waals surface area contributed by atoms with Crippen molar-refractivity contribution in [2.45, 2.75) is 25.8 Å². The molecule has 1 aliphatic heterocycles. The Morgan fingerprint density at radius 1 is 1.50 bits per heavy atom. The first kappa shape index (κ1) is 13.6. The fourth-order valence-corrected chi connectivity index (χ4v) is 1.86. The minimum atomic E-state index is -2.94. The standard InChI is InChI=1S/C8H13F2NO2.ClH/c1-7(2)5(6(12)13)11(3)4-8(7,9)10;/h5H,4H2,1-3H3,(H,12,13);1H/t5-;/m1./s1. The van der Waals surface area contributed by atoms with E-state index in [-0.39, 0.29) is 12.4 Å². The topological polar surface area (TPSA) is 40.5 Å². The number of likely N-dealkylation sites (tertiary alicyclic amines) is 1. The minimum Gasteiger partial charge on any atom is -0.480 e. The van der Waals surface area contributed by atoms with Crippen molar-refractivity contribution < 1.29 is 18.7 Å². The van der Waals surface area contributed by atoms with Gasteiger partial charge >= 0.3 is 5.97 Å². The Balaban J connectivity index is 0.00000169. The van der Waals surface area contributed by atoms with Gasteiger partial charge < -0.3 is 5.11 Å². The number of alkyl halides is 2. The lowest BCUT2D eigenvalue weighted by Crippen LogP contribution is -2.45. The molecule has 0 saturated carbocycles. The lowest BCUT2D eigenvalue weighted by Gasteiger charge is -2.29. The monoisotopic (exact) mass is 229 g/mol. The summed E-state index contributed by atoms with van der Waals surface area (Å²) >= 11 is 0. The van der Waals surface area contributed by atoms with E-state index in [0.717, 1.165) is 0 Å². The molecule has 6 heteroatoms. The zero-order chi connectivity index (χ0) is 10.4. The third kappa shape index (κ3) is 1.70. The number of hydrogen-bond acceptors (Lipinski definition) is 2. The number of rotatable bonds is 1. The van der Waals surface area contributed by atoms with Gasteiger partial charge in [-0.2, -0.15) is 0 Å². The highest BCUT2D eigenvalue weighted by molar-refractivity contribution is 5.85. The molecule has 1 saturated heterocycles. The Bertz CT molecular complexity index is 245. The molecule has 1 N–H and O–H groups in total. The molecule has 0 aromatic carbocycles. The van der Waals surface area contributed by atoms with Crippen LogP contribution >= 0.6 is 12.4 Å². The van der Waals surface area contributed by atoms with E-state index in [0.29, 0.717) is 0 Å². The summed E-state index contributed by atoms with van der Waals surface area (Å²) in [5.41, 5.74) is -1.51. The largest absolute Gasteiger partial charge is 0.480 e. The van der Waals surface area contributed by atoms with Crippen molar-refractivity contribution >= 4 is 18.4 Å². The lowest BCUT2D eigenvalue weighted by molar-refractivity contribution is -0.148. The number of hydrogen-bond donors (Lipinski definition) is 1. The van der Waals surface area contributed by atoms with E-state index >= 15 is 0 Å². The van der Waals surface area contributed by atoms with E-state index in [1.165, 1.54) is 25.8 Å². The zero-order valence-electron chi connectivity index (χ0n) is 8.25. The highest BCUT2D eigenvalue weighted by Crippen LogP contribution is 2.46. The SMILES string of the molecule is CN1CC(F)(F)C(C)(C)[C@H]1C(=O)O.Cl. The fraction of sp³-hybridized carbons (Fsp3) is 0.875. The van der Waals surface area contributed by atoms with Gasteiger partial charge in [-0.05, 0) is 7.05 Å². The van der Waals surface area contributed by atoms with Crippen LogP contribution in [-0.2, 0) is 4.79 Å². The summed E-state index contributed by atoms with van der Waals surface area (Å²) in [4.78, 5) is 11.9. The van der Waals surface area contributed by atoms with E-state index in [4.69, 9.17) is 5.11 Å². The Morgan fingerprint density at radius 2 is 1.93 bits per heavy atom. The smallest absolute Gasteiger partial charge is 0.321 e. The molecule has 0 radical (unpaired) electrons. The Morgan fingerprint density at radius 3 is 2.07 bits per heavy atom. The molecule has 0 aliphatic carbocycles. The summed E-state index contributed by atoms with van der Waals surface area (Å²) in [6, 6.07) is -1.11. The van der Waals surface area contributed by atoms with Gasteiger partial charge in [0.2, 0.25) is 0 Å². The molecule has 0 unspecified atom stereocenters. The van der Waals surface area contributed by atoms with Gasteiger partial charge in [-0.1, -0.05) is 13.8 Å². The summed E-state index contributed by atoms with van der Waals surface area (Å²) in [7, 11) is 1.40. The maximum absolute atomic E-state index is 13.3. The molecule has 14 heavy (non-hydrogen) atoms. The predicted octanol–water partition coefficient (Wildman–Crippen LogP) is 1.47. The van der Waals surface area contributed by atoms with E-state index in [9.17, 15) is 13.6 Å². The summed E-state index contributed by atoms with van der Waals surface area (Å²) in [6.45, 7) is 2.08. The lowest BCUT2D eigenvalue weighted by atomic mass is 9.82. The third-order valence-electron chi connectivity index (χ3n) is 2.75. The van der Waals surface area contributed by atoms with Crippen LogP contribution in [0.4, 0.5) is 8.78 Å². The average Bonchev–Trinajstić information content (AvgIpc) is 1.96. The molecule has 0 amide bonds. The highest BCUT2D eigenvalue weighted by Gasteiger charge is 2.61. The molecule has 1 aliphatic rings. The third-order valence-corrected chi connectivity index (χ3v) is 2.75. The predicted molar refractivity (Wildman–Crippen MR) is 50.0 cm³/mol. The molecular weight excluding hydrogens is 216 g/mol. The van der Waals surface area contributed by atoms with Crippen LogP contribution in [0.15, 0.2) is 0 Å². The van der Waals surface area contributed by atoms with Crippen LogP contribution in [-0.4, -0.2) is 41.5 Å². The Hall–Kier alpha value is -0.420. The van der Waals surface area contributed by atoms with E-state index in [2.05, 4.69) is 0 Å². The zero-order valence-corrected chi connectivity index (χ0v) is 9.07. The first-order chi connectivity index (χ1) is 5.70. The second-order valence-electron chi connectivity index (χ2n) is 4.08. The van der Waals surface area contributed by atoms with E-state index in [1.54, 1.807) is 0 Å². The van der Waals surface area contributed by atoms with Crippen LogP contribution in [0.25, 0.3) is 0 Å². The van der Waals surface area contributed by atoms with Gasteiger partial charge in [0, 0.05) is 0 Å². The summed E-state index contributed by atoms with van der Waals surface area (Å²) in [5, 5.41) is 8.78. The second kappa shape index (κ2) is 3.62. The van der Waals surface area contributed by atoms with Gasteiger partial charge in [-0.25, -0.2) is 8.78 Å². The number of carbonyl (C=O) groups is 1. The summed E-state index contributed by atoms with van der Waals surface area (Å²) < 4.78 is 26.6. The molecule has 0 aromatic heterocycles. The van der Waals surface area contributed by atoms with Crippen molar-refractivity contribution in [3.63, 3.8) is 0 Å². The van der Waals surface area contributed by atoms with E-state index in [1.807, 2.05) is 0 Å². The second-order valence-corrected chi connectivity index (χ2v) is 4.08. The van der Waals surface area contributed by atoms with Gasteiger partial charge in [-0.15, -0.1) is 12.4 Å². The number of carboxylic acid groups (broad SMARTS) is 1. The molecule has 1 atom stereocenters. The quantitative estimate of drug-likeness (QED) is 0.740. The first-order valence-corrected chi connectivity index (χ1v) is 4.01. The van der Waals surface area contributed by atoms with Crippen molar-refractivity contribution in [2.75, 3.05) is 13.6 Å². The van der Waals surface area contributed by atoms with Gasteiger partial charge in [-0.3, -0.25) is 9.69 Å². The number of carboxylic acids is 1. The van der Waals surface area contributed by atoms with Gasteiger partial charge in [0.05, 0.1) is 12.0 Å². The van der Waals surface area contributed by atoms with Crippen LogP contribution in [0.2, 0.25) is 0 Å². The van der Waals surface area contributed by atoms with Crippen LogP contribution in [0.5, 0.6) is 0 Å². The molecular formula is C8H14ClF2NO2. The van der Waals surface area contributed by atoms with Crippen LogP contribution < -0.4 is 0 Å². The van der Waals surface area contributed by atoms with Gasteiger partial charge in [0.1, 0.15) is 6.04 Å². The highest BCUT2D eigenvalue weighted by atomic mass is 35.5. The molecule has 0 bridgehead atoms.